The number of nitrogens with one attached hydrogen (secondary N) is 2. The molecule has 0 aliphatic heterocycles. The highest BCUT2D eigenvalue weighted by molar-refractivity contribution is 6.07. The summed E-state index contributed by atoms with van der Waals surface area (Å²) >= 11 is 0. The SMILES string of the molecule is CCOC(=O)Nc1cc(N=C(C)c2c(O)c(C(C)=O)c(O)oc2=O)cc(NC(=O)OCC)c1. The Bertz CT molecular complexity index is 1130. The Morgan fingerprint density at radius 3 is 1.91 bits per heavy atom. The van der Waals surface area contributed by atoms with E-state index < -0.39 is 46.4 Å². The first-order chi connectivity index (χ1) is 15.6. The van der Waals surface area contributed by atoms with Gasteiger partial charge < -0.3 is 24.1 Å². The number of Topliss-reactive ketones (excluding diaryl/α,β-unsaturated/α-hetero) is 1. The molecule has 1 aromatic carbocycles. The molecule has 4 N–H and O–H groups in total. The van der Waals surface area contributed by atoms with Crippen LogP contribution < -0.4 is 16.3 Å². The van der Waals surface area contributed by atoms with Gasteiger partial charge in [0.15, 0.2) is 5.78 Å². The number of hydrogen-bond donors (Lipinski definition) is 4. The molecule has 176 valence electrons. The van der Waals surface area contributed by atoms with Gasteiger partial charge in [0.2, 0.25) is 0 Å². The number of aliphatic imine (C=N–C) groups is 1. The van der Waals surface area contributed by atoms with Gasteiger partial charge in [0, 0.05) is 11.4 Å². The molecule has 0 aliphatic carbocycles. The third kappa shape index (κ3) is 6.32. The number of carbonyl (C=O) groups is 3. The van der Waals surface area contributed by atoms with E-state index in [1.165, 1.54) is 25.1 Å². The van der Waals surface area contributed by atoms with E-state index in [1.807, 2.05) is 0 Å². The molecule has 2 amide bonds. The van der Waals surface area contributed by atoms with E-state index in [2.05, 4.69) is 20.0 Å². The molecule has 0 atom stereocenters. The number of aromatic hydroxyl groups is 2. The Hall–Kier alpha value is -4.35. The normalized spacial score (nSPS) is 11.0. The minimum atomic E-state index is -1.12. The van der Waals surface area contributed by atoms with E-state index in [9.17, 15) is 29.4 Å². The smallest absolute Gasteiger partial charge is 0.411 e. The van der Waals surface area contributed by atoms with Crippen LogP contribution in [0.25, 0.3) is 0 Å². The van der Waals surface area contributed by atoms with Gasteiger partial charge in [0.25, 0.3) is 5.95 Å². The number of ether oxygens (including phenoxy) is 2. The molecule has 0 saturated heterocycles. The minimum Gasteiger partial charge on any atom is -0.506 e. The summed E-state index contributed by atoms with van der Waals surface area (Å²) < 4.78 is 14.3. The molecule has 0 bridgehead atoms. The van der Waals surface area contributed by atoms with Gasteiger partial charge in [-0.3, -0.25) is 20.4 Å². The second kappa shape index (κ2) is 10.8. The van der Waals surface area contributed by atoms with Crippen molar-refractivity contribution in [3.63, 3.8) is 0 Å². The maximum atomic E-state index is 12.2. The van der Waals surface area contributed by atoms with Crippen molar-refractivity contribution >= 4 is 40.7 Å². The van der Waals surface area contributed by atoms with Gasteiger partial charge >= 0.3 is 17.8 Å². The molecule has 12 nitrogen and oxygen atoms in total. The highest BCUT2D eigenvalue weighted by atomic mass is 16.6. The van der Waals surface area contributed by atoms with Crippen molar-refractivity contribution in [2.24, 2.45) is 4.99 Å². The van der Waals surface area contributed by atoms with Crippen molar-refractivity contribution in [3.05, 3.63) is 39.7 Å². The van der Waals surface area contributed by atoms with Crippen LogP contribution in [-0.4, -0.2) is 47.1 Å². The lowest BCUT2D eigenvalue weighted by Crippen LogP contribution is -2.16. The second-order valence-corrected chi connectivity index (χ2v) is 6.51. The molecule has 0 aliphatic rings. The predicted molar refractivity (Wildman–Crippen MR) is 118 cm³/mol. The van der Waals surface area contributed by atoms with E-state index in [-0.39, 0.29) is 36.0 Å². The molecule has 2 rings (SSSR count). The van der Waals surface area contributed by atoms with Gasteiger partial charge in [0.05, 0.1) is 24.6 Å². The Morgan fingerprint density at radius 2 is 1.45 bits per heavy atom. The number of anilines is 2. The average molecular weight is 461 g/mol. The minimum absolute atomic E-state index is 0.0703. The molecule has 1 heterocycles. The molecule has 12 heteroatoms. The zero-order valence-electron chi connectivity index (χ0n) is 18.3. The molecule has 0 saturated carbocycles. The molecule has 2 aromatic rings. The van der Waals surface area contributed by atoms with Crippen LogP contribution in [0, 0.1) is 0 Å². The van der Waals surface area contributed by atoms with Crippen molar-refractivity contribution in [3.8, 4) is 11.7 Å². The fourth-order valence-electron chi connectivity index (χ4n) is 2.79. The predicted octanol–water partition coefficient (Wildman–Crippen LogP) is 3.53. The van der Waals surface area contributed by atoms with E-state index in [0.717, 1.165) is 6.92 Å². The lowest BCUT2D eigenvalue weighted by Gasteiger charge is -2.11. The Labute approximate surface area is 187 Å². The largest absolute Gasteiger partial charge is 0.506 e. The maximum Gasteiger partial charge on any atom is 0.411 e. The van der Waals surface area contributed by atoms with Crippen LogP contribution in [0.3, 0.4) is 0 Å². The highest BCUT2D eigenvalue weighted by Gasteiger charge is 2.24. The van der Waals surface area contributed by atoms with Crippen molar-refractivity contribution in [1.29, 1.82) is 0 Å². The molecular formula is C21H23N3O9. The Morgan fingerprint density at radius 1 is 0.939 bits per heavy atom. The Kier molecular flexibility index (Phi) is 8.15. The first-order valence-electron chi connectivity index (χ1n) is 9.75. The van der Waals surface area contributed by atoms with Crippen LogP contribution in [0.15, 0.2) is 32.4 Å². The summed E-state index contributed by atoms with van der Waals surface area (Å²) in [6.45, 7) is 5.95. The lowest BCUT2D eigenvalue weighted by molar-refractivity contribution is 0.100. The molecule has 0 spiro atoms. The third-order valence-electron chi connectivity index (χ3n) is 4.05. The summed E-state index contributed by atoms with van der Waals surface area (Å²) in [6, 6.07) is 4.23. The molecule has 1 aromatic heterocycles. The monoisotopic (exact) mass is 461 g/mol. The van der Waals surface area contributed by atoms with Crippen LogP contribution in [0.5, 0.6) is 11.7 Å². The molecular weight excluding hydrogens is 438 g/mol. The zero-order valence-corrected chi connectivity index (χ0v) is 18.3. The van der Waals surface area contributed by atoms with Crippen LogP contribution in [0.4, 0.5) is 26.7 Å². The second-order valence-electron chi connectivity index (χ2n) is 6.51. The van der Waals surface area contributed by atoms with Gasteiger partial charge in [-0.05, 0) is 45.9 Å². The van der Waals surface area contributed by atoms with Crippen molar-refractivity contribution in [2.45, 2.75) is 27.7 Å². The van der Waals surface area contributed by atoms with Gasteiger partial charge in [-0.2, -0.15) is 0 Å². The van der Waals surface area contributed by atoms with Gasteiger partial charge in [-0.1, -0.05) is 0 Å². The standard InChI is InChI=1S/C21H23N3O9/c1-5-31-20(29)23-13-7-12(8-14(9-13)24-21(30)32-6-2)22-10(3)15-17(26)16(11(4)25)19(28)33-18(15)27/h7-9,26,28H,5-6H2,1-4H3,(H,23,29)(H,24,30). The summed E-state index contributed by atoms with van der Waals surface area (Å²) in [5, 5.41) is 25.0. The maximum absolute atomic E-state index is 12.2. The summed E-state index contributed by atoms with van der Waals surface area (Å²) in [7, 11) is 0. The van der Waals surface area contributed by atoms with E-state index in [1.54, 1.807) is 13.8 Å². The van der Waals surface area contributed by atoms with Crippen LogP contribution >= 0.6 is 0 Å². The average Bonchev–Trinajstić information content (AvgIpc) is 2.67. The zero-order chi connectivity index (χ0) is 24.7. The van der Waals surface area contributed by atoms with Crippen molar-refractivity contribution in [2.75, 3.05) is 23.8 Å². The first kappa shape index (κ1) is 24.9. The molecule has 0 unspecified atom stereocenters. The van der Waals surface area contributed by atoms with Crippen molar-refractivity contribution in [1.82, 2.24) is 0 Å². The third-order valence-corrected chi connectivity index (χ3v) is 4.05. The van der Waals surface area contributed by atoms with E-state index in [4.69, 9.17) is 9.47 Å². The van der Waals surface area contributed by atoms with E-state index in [0.29, 0.717) is 0 Å². The lowest BCUT2D eigenvalue weighted by atomic mass is 10.1. The number of nitrogens with zero attached hydrogens (tertiary/aromatic N) is 1. The highest BCUT2D eigenvalue weighted by Crippen LogP contribution is 2.31. The fourth-order valence-corrected chi connectivity index (χ4v) is 2.79. The Balaban J connectivity index is 2.57. The van der Waals surface area contributed by atoms with Gasteiger partial charge in [-0.25, -0.2) is 14.4 Å². The molecule has 0 radical (unpaired) electrons. The van der Waals surface area contributed by atoms with Crippen LogP contribution in [0.2, 0.25) is 0 Å². The quantitative estimate of drug-likeness (QED) is 0.355. The number of carbonyl (C=O) groups excluding carboxylic acids is 3. The number of benzene rings is 1. The summed E-state index contributed by atoms with van der Waals surface area (Å²) in [5.41, 5.74) is -1.67. The van der Waals surface area contributed by atoms with Gasteiger partial charge in [-0.15, -0.1) is 0 Å². The van der Waals surface area contributed by atoms with Gasteiger partial charge in [0.1, 0.15) is 16.9 Å². The van der Waals surface area contributed by atoms with Crippen LogP contribution in [0.1, 0.15) is 43.6 Å². The number of amides is 2. The van der Waals surface area contributed by atoms with Crippen molar-refractivity contribution < 1.29 is 38.5 Å². The summed E-state index contributed by atoms with van der Waals surface area (Å²) in [4.78, 5) is 51.8. The first-order valence-corrected chi connectivity index (χ1v) is 9.75. The summed E-state index contributed by atoms with van der Waals surface area (Å²) in [5.74, 6) is -2.53. The number of hydrogen-bond acceptors (Lipinski definition) is 10. The summed E-state index contributed by atoms with van der Waals surface area (Å²) in [6.07, 6.45) is -1.50. The van der Waals surface area contributed by atoms with Crippen LogP contribution in [-0.2, 0) is 9.47 Å². The van der Waals surface area contributed by atoms with E-state index >= 15 is 0 Å². The number of rotatable bonds is 7. The topological polar surface area (TPSA) is 177 Å². The number of ketones is 1. The fraction of sp³-hybridized carbons (Fsp3) is 0.286. The molecule has 0 fully saturated rings. The molecule has 33 heavy (non-hydrogen) atoms.